The van der Waals surface area contributed by atoms with E-state index in [1.54, 1.807) is 23.1 Å². The molecular formula is C15H14BrN5OS. The van der Waals surface area contributed by atoms with E-state index in [0.717, 1.165) is 21.4 Å². The Hall–Kier alpha value is -2.06. The van der Waals surface area contributed by atoms with E-state index >= 15 is 0 Å². The molecule has 0 aliphatic rings. The summed E-state index contributed by atoms with van der Waals surface area (Å²) >= 11 is 4.70. The van der Waals surface area contributed by atoms with Crippen molar-refractivity contribution < 1.29 is 4.79 Å². The van der Waals surface area contributed by atoms with Crippen LogP contribution in [0.2, 0.25) is 0 Å². The Bertz CT molecular complexity index is 869. The van der Waals surface area contributed by atoms with Crippen molar-refractivity contribution >= 4 is 38.9 Å². The van der Waals surface area contributed by atoms with Crippen molar-refractivity contribution in [2.24, 2.45) is 0 Å². The van der Waals surface area contributed by atoms with Gasteiger partial charge in [-0.1, -0.05) is 0 Å². The van der Waals surface area contributed by atoms with Crippen molar-refractivity contribution in [3.63, 3.8) is 0 Å². The number of hydrogen-bond acceptors (Lipinski definition) is 5. The molecule has 118 valence electrons. The first-order valence-electron chi connectivity index (χ1n) is 6.86. The minimum Gasteiger partial charge on any atom is -0.319 e. The zero-order valence-corrected chi connectivity index (χ0v) is 15.2. The van der Waals surface area contributed by atoms with Crippen LogP contribution in [0, 0.1) is 20.8 Å². The van der Waals surface area contributed by atoms with Crippen LogP contribution in [-0.2, 0) is 0 Å². The Balaban J connectivity index is 1.79. The molecule has 0 spiro atoms. The first-order valence-corrected chi connectivity index (χ1v) is 8.53. The molecule has 0 aromatic carbocycles. The zero-order chi connectivity index (χ0) is 16.6. The molecule has 0 aliphatic carbocycles. The van der Waals surface area contributed by atoms with Gasteiger partial charge >= 0.3 is 0 Å². The van der Waals surface area contributed by atoms with E-state index in [0.29, 0.717) is 16.5 Å². The Morgan fingerprint density at radius 1 is 1.26 bits per heavy atom. The second-order valence-corrected chi connectivity index (χ2v) is 6.89. The minimum absolute atomic E-state index is 0.181. The number of thiophene rings is 1. The lowest BCUT2D eigenvalue weighted by Gasteiger charge is -2.05. The maximum atomic E-state index is 12.1. The second kappa shape index (κ2) is 6.21. The van der Waals surface area contributed by atoms with Crippen LogP contribution >= 0.6 is 27.3 Å². The normalized spacial score (nSPS) is 10.8. The van der Waals surface area contributed by atoms with Gasteiger partial charge in [-0.2, -0.15) is 5.10 Å². The van der Waals surface area contributed by atoms with Gasteiger partial charge in [-0.05, 0) is 48.3 Å². The van der Waals surface area contributed by atoms with Crippen molar-refractivity contribution in [3.05, 3.63) is 50.1 Å². The van der Waals surface area contributed by atoms with Gasteiger partial charge in [-0.25, -0.2) is 14.6 Å². The molecule has 8 heteroatoms. The molecule has 1 N–H and O–H groups in total. The highest BCUT2D eigenvalue weighted by molar-refractivity contribution is 9.10. The number of halogens is 1. The third-order valence-electron chi connectivity index (χ3n) is 3.53. The Labute approximate surface area is 145 Å². The molecule has 0 saturated carbocycles. The lowest BCUT2D eigenvalue weighted by atomic mass is 10.2. The van der Waals surface area contributed by atoms with Crippen LogP contribution in [0.15, 0.2) is 28.3 Å². The van der Waals surface area contributed by atoms with E-state index in [4.69, 9.17) is 0 Å². The molecule has 3 heterocycles. The summed E-state index contributed by atoms with van der Waals surface area (Å²) in [5.74, 6) is 0.301. The third-order valence-corrected chi connectivity index (χ3v) is 5.22. The molecule has 3 aromatic heterocycles. The molecule has 0 aliphatic heterocycles. The van der Waals surface area contributed by atoms with E-state index in [-0.39, 0.29) is 5.91 Å². The number of anilines is 1. The van der Waals surface area contributed by atoms with Crippen molar-refractivity contribution in [2.75, 3.05) is 5.32 Å². The van der Waals surface area contributed by atoms with Crippen LogP contribution in [0.25, 0.3) is 5.95 Å². The van der Waals surface area contributed by atoms with E-state index < -0.39 is 0 Å². The van der Waals surface area contributed by atoms with Crippen molar-refractivity contribution in [1.82, 2.24) is 19.7 Å². The van der Waals surface area contributed by atoms with Crippen LogP contribution in [0.5, 0.6) is 0 Å². The molecule has 0 unspecified atom stereocenters. The highest BCUT2D eigenvalue weighted by Crippen LogP contribution is 2.21. The number of carbonyl (C=O) groups excluding carboxylic acids is 1. The summed E-state index contributed by atoms with van der Waals surface area (Å²) < 4.78 is 2.59. The number of nitrogens with one attached hydrogen (secondary N) is 1. The van der Waals surface area contributed by atoms with Crippen LogP contribution in [0.1, 0.15) is 26.6 Å². The minimum atomic E-state index is -0.181. The summed E-state index contributed by atoms with van der Waals surface area (Å²) in [6.07, 6.45) is 3.16. The summed E-state index contributed by atoms with van der Waals surface area (Å²) in [6, 6.07) is 1.77. The standard InChI is InChI=1S/C15H14BrN5OS/c1-8-9(2)20-21(10(8)3)15-17-5-12(6-18-15)19-14(22)13-4-11(16)7-23-13/h4-7H,1-3H3,(H,19,22). The van der Waals surface area contributed by atoms with Crippen LogP contribution in [0.4, 0.5) is 5.69 Å². The molecule has 0 radical (unpaired) electrons. The molecule has 0 atom stereocenters. The number of nitrogens with zero attached hydrogens (tertiary/aromatic N) is 4. The van der Waals surface area contributed by atoms with Gasteiger partial charge in [0.25, 0.3) is 11.9 Å². The first kappa shape index (κ1) is 15.8. The maximum Gasteiger partial charge on any atom is 0.265 e. The van der Waals surface area contributed by atoms with Gasteiger partial charge in [0, 0.05) is 15.5 Å². The Morgan fingerprint density at radius 2 is 1.96 bits per heavy atom. The number of hydrogen-bond donors (Lipinski definition) is 1. The van der Waals surface area contributed by atoms with Crippen LogP contribution in [0.3, 0.4) is 0 Å². The lowest BCUT2D eigenvalue weighted by Crippen LogP contribution is -2.12. The van der Waals surface area contributed by atoms with Crippen molar-refractivity contribution in [2.45, 2.75) is 20.8 Å². The molecule has 23 heavy (non-hydrogen) atoms. The molecular weight excluding hydrogens is 378 g/mol. The topological polar surface area (TPSA) is 72.7 Å². The van der Waals surface area contributed by atoms with E-state index in [2.05, 4.69) is 36.3 Å². The summed E-state index contributed by atoms with van der Waals surface area (Å²) in [5.41, 5.74) is 3.62. The monoisotopic (exact) mass is 391 g/mol. The molecule has 0 bridgehead atoms. The third kappa shape index (κ3) is 3.18. The number of rotatable bonds is 3. The molecule has 0 saturated heterocycles. The van der Waals surface area contributed by atoms with Crippen LogP contribution < -0.4 is 5.32 Å². The van der Waals surface area contributed by atoms with Gasteiger partial charge in [0.15, 0.2) is 0 Å². The number of amides is 1. The largest absolute Gasteiger partial charge is 0.319 e. The number of aromatic nitrogens is 4. The van der Waals surface area contributed by atoms with Gasteiger partial charge in [0.2, 0.25) is 0 Å². The highest BCUT2D eigenvalue weighted by atomic mass is 79.9. The smallest absolute Gasteiger partial charge is 0.265 e. The van der Waals surface area contributed by atoms with Gasteiger partial charge in [0.05, 0.1) is 28.7 Å². The second-order valence-electron chi connectivity index (χ2n) is 5.06. The predicted octanol–water partition coefficient (Wildman–Crippen LogP) is 3.66. The molecule has 1 amide bonds. The SMILES string of the molecule is Cc1nn(-c2ncc(NC(=O)c3cc(Br)cs3)cn2)c(C)c1C. The van der Waals surface area contributed by atoms with E-state index in [1.807, 2.05) is 26.2 Å². The van der Waals surface area contributed by atoms with E-state index in [9.17, 15) is 4.79 Å². The summed E-state index contributed by atoms with van der Waals surface area (Å²) in [6.45, 7) is 5.94. The molecule has 0 fully saturated rings. The molecule has 3 rings (SSSR count). The number of carbonyl (C=O) groups is 1. The maximum absolute atomic E-state index is 12.1. The summed E-state index contributed by atoms with van der Waals surface area (Å²) in [5, 5.41) is 9.06. The molecule has 3 aromatic rings. The fourth-order valence-electron chi connectivity index (χ4n) is 2.04. The Morgan fingerprint density at radius 3 is 2.48 bits per heavy atom. The van der Waals surface area contributed by atoms with Crippen LogP contribution in [-0.4, -0.2) is 25.7 Å². The quantitative estimate of drug-likeness (QED) is 0.738. The highest BCUT2D eigenvalue weighted by Gasteiger charge is 2.12. The fourth-order valence-corrected chi connectivity index (χ4v) is 3.36. The van der Waals surface area contributed by atoms with Gasteiger partial charge < -0.3 is 5.32 Å². The lowest BCUT2D eigenvalue weighted by molar-refractivity contribution is 0.103. The Kier molecular flexibility index (Phi) is 4.27. The van der Waals surface area contributed by atoms with Crippen molar-refractivity contribution in [1.29, 1.82) is 0 Å². The van der Waals surface area contributed by atoms with Crippen molar-refractivity contribution in [3.8, 4) is 5.95 Å². The first-order chi connectivity index (χ1) is 11.0. The van der Waals surface area contributed by atoms with E-state index in [1.165, 1.54) is 11.3 Å². The predicted molar refractivity (Wildman–Crippen MR) is 93.3 cm³/mol. The fraction of sp³-hybridized carbons (Fsp3) is 0.200. The number of aryl methyl sites for hydroxylation is 1. The van der Waals surface area contributed by atoms with Gasteiger partial charge in [0.1, 0.15) is 0 Å². The summed E-state index contributed by atoms with van der Waals surface area (Å²) in [7, 11) is 0. The van der Waals surface area contributed by atoms with Gasteiger partial charge in [-0.3, -0.25) is 4.79 Å². The average Bonchev–Trinajstić information content (AvgIpc) is 3.08. The average molecular weight is 392 g/mol. The zero-order valence-electron chi connectivity index (χ0n) is 12.8. The van der Waals surface area contributed by atoms with Gasteiger partial charge in [-0.15, -0.1) is 11.3 Å². The summed E-state index contributed by atoms with van der Waals surface area (Å²) in [4.78, 5) is 21.3. The molecule has 6 nitrogen and oxygen atoms in total.